The van der Waals surface area contributed by atoms with E-state index in [9.17, 15) is 14.9 Å². The minimum absolute atomic E-state index is 0.146. The molecule has 2 aliphatic rings. The second-order valence-electron chi connectivity index (χ2n) is 20.1. The number of rotatable bonds is 22. The molecular weight excluding hydrogens is 1020 g/mol. The Morgan fingerprint density at radius 3 is 1.37 bits per heavy atom. The zero-order valence-corrected chi connectivity index (χ0v) is 49.3. The number of amidine groups is 1. The van der Waals surface area contributed by atoms with E-state index in [-0.39, 0.29) is 11.6 Å². The maximum absolute atomic E-state index is 12.5. The number of nitrogens with zero attached hydrogens (tertiary/aromatic N) is 5. The Kier molecular flexibility index (Phi) is 27.7. The number of aryl methyl sites for hydroxylation is 4. The Bertz CT molecular complexity index is 2390. The van der Waals surface area contributed by atoms with E-state index in [4.69, 9.17) is 19.7 Å². The maximum atomic E-state index is 12.5. The number of hydrazone groups is 1. The summed E-state index contributed by atoms with van der Waals surface area (Å²) in [6.45, 7) is 23.0. The van der Waals surface area contributed by atoms with Crippen molar-refractivity contribution in [2.24, 2.45) is 8.44 Å². The van der Waals surface area contributed by atoms with Gasteiger partial charge in [-0.2, -0.15) is 5.26 Å². The summed E-state index contributed by atoms with van der Waals surface area (Å²) in [5.41, 5.74) is 26.7. The Morgan fingerprint density at radius 2 is 1.08 bits per heavy atom. The molecule has 2 aliphatic heterocycles. The van der Waals surface area contributed by atoms with E-state index in [0.717, 1.165) is 121 Å². The number of Topliss-reactive ketones (excluding diaryl/α,β-unsaturated/α-hetero) is 2. The van der Waals surface area contributed by atoms with Gasteiger partial charge in [-0.25, -0.2) is 5.53 Å². The van der Waals surface area contributed by atoms with Gasteiger partial charge in [-0.1, -0.05) is 143 Å². The van der Waals surface area contributed by atoms with Gasteiger partial charge in [-0.3, -0.25) is 15.0 Å². The molecule has 4 aromatic carbocycles. The topological polar surface area (TPSA) is 183 Å². The van der Waals surface area contributed by atoms with Gasteiger partial charge in [0.15, 0.2) is 23.5 Å². The van der Waals surface area contributed by atoms with Gasteiger partial charge in [0.2, 0.25) is 6.10 Å². The van der Waals surface area contributed by atoms with E-state index in [2.05, 4.69) is 143 Å². The van der Waals surface area contributed by atoms with Gasteiger partial charge in [0.05, 0.1) is 0 Å². The SMILES string of the molecule is C1CCOC1.CCCc1cc(C(=O)CC)cc(CCC)c1OC(C#N)c1ccc(C(C)C)cc1.CCCc1cc(C(=O)CC)cc(CCC)c1OC(C1=NNNN1)c1ccc(C(C)C)cc1.[CH3][Sn]([CH3])([CH3])[N]=[N+]=[N-]. The van der Waals surface area contributed by atoms with Gasteiger partial charge in [-0.05, 0) is 108 Å². The van der Waals surface area contributed by atoms with Crippen LogP contribution in [-0.4, -0.2) is 49.3 Å². The summed E-state index contributed by atoms with van der Waals surface area (Å²) < 4.78 is 21.6. The molecule has 6 rings (SSSR count). The standard InChI is InChI=1S/C26H36N4O2.C26H33NO2.C4H8O.3CH3.N3.Sn/c1-6-9-20-15-22(23(31)8-3)16-21(10-7-2)24(20)32-25(26-27-29-30-28-26)19-13-11-18(12-14-19)17(4)5;1-6-9-21-15-23(24(28)8-3)16-22(10-7-2)26(21)29-25(17-27)20-13-11-19(12-14-20)18(4)5;1-2-4-5-3-1;;;;1-3-2;/h11-17,25,29-30H,6-10H2,1-5H3,(H,27,28);11-16,18,25H,6-10H2,1-5H3;1-4H2;3*1H3;;/q;;;;;;-1;+1. The van der Waals surface area contributed by atoms with Gasteiger partial charge in [0.1, 0.15) is 17.6 Å². The molecule has 4 aromatic rings. The molecule has 0 aromatic heterocycles. The number of benzene rings is 4. The first-order valence-electron chi connectivity index (χ1n) is 26.8. The zero-order valence-electron chi connectivity index (χ0n) is 46.4. The Labute approximate surface area is 442 Å². The van der Waals surface area contributed by atoms with Crippen molar-refractivity contribution in [1.29, 1.82) is 5.26 Å². The molecule has 0 amide bonds. The van der Waals surface area contributed by atoms with E-state index < -0.39 is 30.9 Å². The first kappa shape index (κ1) is 61.9. The number of hydrazine groups is 2. The second-order valence-corrected chi connectivity index (χ2v) is 33.1. The summed E-state index contributed by atoms with van der Waals surface area (Å²) in [6.07, 6.45) is 9.66. The molecule has 0 bridgehead atoms. The van der Waals surface area contributed by atoms with Crippen LogP contribution in [0.4, 0.5) is 0 Å². The number of carbonyl (C=O) groups excluding carboxylic acids is 2. The molecule has 0 saturated carbocycles. The summed E-state index contributed by atoms with van der Waals surface area (Å²) in [4.78, 5) is 33.7. The summed E-state index contributed by atoms with van der Waals surface area (Å²) in [5, 5.41) is 14.2. The third-order valence-electron chi connectivity index (χ3n) is 12.1. The van der Waals surface area contributed by atoms with E-state index in [1.807, 2.05) is 50.2 Å². The monoisotopic (exact) mass is 1110 g/mol. The predicted octanol–water partition coefficient (Wildman–Crippen LogP) is 15.2. The fourth-order valence-electron chi connectivity index (χ4n) is 8.14. The Balaban J connectivity index is 0.000000314. The number of nitrogens with one attached hydrogen (secondary N) is 3. The van der Waals surface area contributed by atoms with Crippen LogP contribution in [0.25, 0.3) is 10.4 Å². The molecule has 0 aliphatic carbocycles. The third-order valence-corrected chi connectivity index (χ3v) is 14.1. The molecule has 1 saturated heterocycles. The number of azide groups is 1. The number of hydrogen-bond acceptors (Lipinski definition) is 11. The van der Waals surface area contributed by atoms with E-state index >= 15 is 0 Å². The summed E-state index contributed by atoms with van der Waals surface area (Å²) >= 11 is -2.07. The zero-order chi connectivity index (χ0) is 53.9. The van der Waals surface area contributed by atoms with Crippen LogP contribution in [0.1, 0.15) is 210 Å². The first-order chi connectivity index (χ1) is 35.0. The van der Waals surface area contributed by atoms with Crippen LogP contribution in [0.15, 0.2) is 81.2 Å². The quantitative estimate of drug-likeness (QED) is 0.0227. The van der Waals surface area contributed by atoms with E-state index in [1.54, 1.807) is 0 Å². The van der Waals surface area contributed by atoms with Crippen LogP contribution in [-0.2, 0) is 30.4 Å². The molecule has 2 unspecified atom stereocenters. The summed E-state index contributed by atoms with van der Waals surface area (Å²) in [5.74, 6) is 3.54. The van der Waals surface area contributed by atoms with Crippen LogP contribution >= 0.6 is 0 Å². The average molecular weight is 1110 g/mol. The van der Waals surface area contributed by atoms with Gasteiger partial charge < -0.3 is 14.2 Å². The van der Waals surface area contributed by atoms with Crippen molar-refractivity contribution in [2.75, 3.05) is 13.2 Å². The van der Waals surface area contributed by atoms with Crippen molar-refractivity contribution in [2.45, 2.75) is 185 Å². The third kappa shape index (κ3) is 20.4. The average Bonchev–Trinajstić information content (AvgIpc) is 4.15. The van der Waals surface area contributed by atoms with E-state index in [0.29, 0.717) is 30.5 Å². The molecule has 396 valence electrons. The van der Waals surface area contributed by atoms with Crippen LogP contribution in [0.3, 0.4) is 0 Å². The molecule has 1 fully saturated rings. The van der Waals surface area contributed by atoms with Crippen molar-refractivity contribution in [1.82, 2.24) is 16.5 Å². The number of ketones is 2. The molecule has 2 atom stereocenters. The normalized spacial score (nSPS) is 13.5. The van der Waals surface area contributed by atoms with Gasteiger partial charge in [0.25, 0.3) is 0 Å². The van der Waals surface area contributed by atoms with Crippen LogP contribution in [0.2, 0.25) is 14.8 Å². The number of hydrogen-bond donors (Lipinski definition) is 3. The first-order valence-corrected chi connectivity index (χ1v) is 36.6. The number of ether oxygens (including phenoxy) is 3. The molecule has 2 heterocycles. The molecule has 13 nitrogen and oxygen atoms in total. The van der Waals surface area contributed by atoms with Crippen molar-refractivity contribution >= 4 is 36.1 Å². The van der Waals surface area contributed by atoms with Crippen molar-refractivity contribution < 1.29 is 23.8 Å². The minimum atomic E-state index is -2.07. The van der Waals surface area contributed by atoms with Gasteiger partial charge in [0, 0.05) is 48.3 Å². The predicted molar refractivity (Wildman–Crippen MR) is 301 cm³/mol. The van der Waals surface area contributed by atoms with Crippen LogP contribution in [0.5, 0.6) is 11.5 Å². The molecule has 0 spiro atoms. The fraction of sp³-hybridized carbons (Fsp3) is 0.525. The molecule has 73 heavy (non-hydrogen) atoms. The summed E-state index contributed by atoms with van der Waals surface area (Å²) in [7, 11) is 0. The molecule has 3 N–H and O–H groups in total. The van der Waals surface area contributed by atoms with E-state index in [1.165, 1.54) is 24.0 Å². The molecule has 14 heteroatoms. The van der Waals surface area contributed by atoms with Gasteiger partial charge in [-0.15, -0.1) is 10.6 Å². The van der Waals surface area contributed by atoms with Crippen molar-refractivity contribution in [3.63, 3.8) is 0 Å². The van der Waals surface area contributed by atoms with Crippen molar-refractivity contribution in [3.05, 3.63) is 139 Å². The van der Waals surface area contributed by atoms with Gasteiger partial charge >= 0.3 is 47.2 Å². The molecular formula is C59H86N8O5Sn. The Hall–Kier alpha value is -5.39. The van der Waals surface area contributed by atoms with Crippen LogP contribution in [0, 0.1) is 11.3 Å². The summed E-state index contributed by atoms with van der Waals surface area (Å²) in [6, 6.07) is 26.9. The number of nitriles is 1. The molecule has 0 radical (unpaired) electrons. The van der Waals surface area contributed by atoms with Crippen LogP contribution < -0.4 is 26.0 Å². The second kappa shape index (κ2) is 32.7. The number of carbonyl (C=O) groups is 2. The van der Waals surface area contributed by atoms with Crippen molar-refractivity contribution in [3.8, 4) is 17.6 Å². The fourth-order valence-corrected chi connectivity index (χ4v) is 8.90. The Morgan fingerprint density at radius 1 is 0.685 bits per heavy atom.